The van der Waals surface area contributed by atoms with Gasteiger partial charge in [-0.3, -0.25) is 10.0 Å². The molecule has 0 spiro atoms. The minimum Gasteiger partial charge on any atom is -0.322 e. The van der Waals surface area contributed by atoms with E-state index in [1.54, 1.807) is 29.2 Å². The van der Waals surface area contributed by atoms with Gasteiger partial charge in [0, 0.05) is 29.8 Å². The van der Waals surface area contributed by atoms with E-state index >= 15 is 0 Å². The van der Waals surface area contributed by atoms with Crippen LogP contribution in [-0.2, 0) is 10.0 Å². The lowest BCUT2D eigenvalue weighted by atomic mass is 9.88. The Bertz CT molecular complexity index is 1450. The Morgan fingerprint density at radius 1 is 0.949 bits per heavy atom. The van der Waals surface area contributed by atoms with Crippen molar-refractivity contribution >= 4 is 49.8 Å². The first kappa shape index (κ1) is 28.6. The molecular formula is C29H31ClN4O3S2. The fourth-order valence-electron chi connectivity index (χ4n) is 4.37. The predicted molar refractivity (Wildman–Crippen MR) is 161 cm³/mol. The Balaban J connectivity index is 1.47. The molecule has 39 heavy (non-hydrogen) atoms. The molecule has 0 unspecified atom stereocenters. The molecule has 3 aromatic carbocycles. The van der Waals surface area contributed by atoms with E-state index in [0.717, 1.165) is 12.7 Å². The second kappa shape index (κ2) is 12.6. The summed E-state index contributed by atoms with van der Waals surface area (Å²) < 4.78 is 25.8. The molecule has 0 saturated heterocycles. The lowest BCUT2D eigenvalue weighted by molar-refractivity contribution is 0.195. The van der Waals surface area contributed by atoms with Crippen LogP contribution < -0.4 is 10.0 Å². The minimum absolute atomic E-state index is 0.0259. The number of anilines is 2. The summed E-state index contributed by atoms with van der Waals surface area (Å²) in [4.78, 5) is 19.7. The molecule has 4 aromatic rings. The molecule has 204 valence electrons. The molecule has 1 aromatic heterocycles. The van der Waals surface area contributed by atoms with Crippen molar-refractivity contribution in [2.24, 2.45) is 0 Å². The fraction of sp³-hybridized carbons (Fsp3) is 0.241. The van der Waals surface area contributed by atoms with Gasteiger partial charge in [0.05, 0.1) is 6.26 Å². The van der Waals surface area contributed by atoms with Crippen molar-refractivity contribution in [3.63, 3.8) is 0 Å². The van der Waals surface area contributed by atoms with Crippen LogP contribution in [0.1, 0.15) is 37.3 Å². The van der Waals surface area contributed by atoms with E-state index < -0.39 is 10.0 Å². The number of hydrogen-bond acceptors (Lipinski definition) is 5. The summed E-state index contributed by atoms with van der Waals surface area (Å²) in [5.74, 6) is 0.155. The van der Waals surface area contributed by atoms with Crippen molar-refractivity contribution in [1.29, 1.82) is 0 Å². The second-order valence-electron chi connectivity index (χ2n) is 9.47. The third-order valence-electron chi connectivity index (χ3n) is 6.21. The Morgan fingerprint density at radius 3 is 2.03 bits per heavy atom. The number of sulfonamides is 1. The van der Waals surface area contributed by atoms with Crippen LogP contribution in [0.4, 0.5) is 15.6 Å². The first-order chi connectivity index (χ1) is 18.6. The van der Waals surface area contributed by atoms with Crippen LogP contribution in [0, 0.1) is 0 Å². The van der Waals surface area contributed by atoms with Gasteiger partial charge in [0.1, 0.15) is 10.0 Å². The maximum absolute atomic E-state index is 13.3. The van der Waals surface area contributed by atoms with E-state index in [1.165, 1.54) is 22.5 Å². The summed E-state index contributed by atoms with van der Waals surface area (Å²) in [5.41, 5.74) is 4.10. The average molecular weight is 583 g/mol. The summed E-state index contributed by atoms with van der Waals surface area (Å²) >= 11 is 7.65. The topological polar surface area (TPSA) is 91.4 Å². The molecule has 0 fully saturated rings. The fourth-order valence-corrected chi connectivity index (χ4v) is 6.01. The summed E-state index contributed by atoms with van der Waals surface area (Å²) in [6.07, 6.45) is 1.86. The minimum atomic E-state index is -3.37. The lowest BCUT2D eigenvalue weighted by Crippen LogP contribution is -2.41. The highest BCUT2D eigenvalue weighted by Crippen LogP contribution is 2.36. The molecule has 2 N–H and O–H groups in total. The van der Waals surface area contributed by atoms with Gasteiger partial charge in [0.25, 0.3) is 0 Å². The number of carbonyl (C=O) groups excluding carboxylic acids is 1. The molecule has 0 atom stereocenters. The number of nitrogens with zero attached hydrogens (tertiary/aromatic N) is 2. The number of thiazole rings is 1. The summed E-state index contributed by atoms with van der Waals surface area (Å²) in [6, 6.07) is 27.1. The van der Waals surface area contributed by atoms with Crippen molar-refractivity contribution in [2.75, 3.05) is 22.8 Å². The Morgan fingerprint density at radius 2 is 1.51 bits per heavy atom. The van der Waals surface area contributed by atoms with E-state index in [0.29, 0.717) is 33.0 Å². The molecule has 0 aliphatic heterocycles. The quantitative estimate of drug-likeness (QED) is 0.205. The lowest BCUT2D eigenvalue weighted by Gasteiger charge is -2.29. The standard InChI is InChI=1S/C29H31ClN4O3S2/c1-20(2)34(19-18-25(21-10-6-4-7-11-21)22-12-8-5-9-13-22)29(35)32-28-31-26(27(30)38-28)23-14-16-24(17-15-23)33-39(3,36)37/h4-17,20,25,33H,18-19H2,1-3H3,(H,31,32,35). The van der Waals surface area contributed by atoms with Gasteiger partial charge in [-0.15, -0.1) is 0 Å². The van der Waals surface area contributed by atoms with Gasteiger partial charge in [-0.2, -0.15) is 0 Å². The van der Waals surface area contributed by atoms with Gasteiger partial charge in [-0.05, 0) is 43.5 Å². The van der Waals surface area contributed by atoms with Crippen LogP contribution in [0.5, 0.6) is 0 Å². The summed E-state index contributed by atoms with van der Waals surface area (Å²) in [5, 5.41) is 3.31. The largest absolute Gasteiger partial charge is 0.323 e. The highest BCUT2D eigenvalue weighted by atomic mass is 35.5. The van der Waals surface area contributed by atoms with Crippen LogP contribution in [0.15, 0.2) is 84.9 Å². The summed E-state index contributed by atoms with van der Waals surface area (Å²) in [6.45, 7) is 4.54. The van der Waals surface area contributed by atoms with Gasteiger partial charge in [0.15, 0.2) is 5.13 Å². The Kier molecular flexibility index (Phi) is 9.27. The van der Waals surface area contributed by atoms with Gasteiger partial charge >= 0.3 is 6.03 Å². The van der Waals surface area contributed by atoms with E-state index in [9.17, 15) is 13.2 Å². The molecule has 4 rings (SSSR count). The molecule has 0 aliphatic carbocycles. The highest BCUT2D eigenvalue weighted by Gasteiger charge is 2.23. The molecular weight excluding hydrogens is 552 g/mol. The molecule has 2 amide bonds. The number of urea groups is 1. The second-order valence-corrected chi connectivity index (χ2v) is 12.8. The van der Waals surface area contributed by atoms with E-state index in [1.807, 2.05) is 50.2 Å². The molecule has 0 bridgehead atoms. The van der Waals surface area contributed by atoms with Crippen LogP contribution in [-0.4, -0.2) is 43.2 Å². The first-order valence-corrected chi connectivity index (χ1v) is 15.6. The van der Waals surface area contributed by atoms with E-state index in [2.05, 4.69) is 39.3 Å². The molecule has 1 heterocycles. The van der Waals surface area contributed by atoms with Crippen LogP contribution in [0.25, 0.3) is 11.3 Å². The van der Waals surface area contributed by atoms with Crippen LogP contribution in [0.3, 0.4) is 0 Å². The third-order valence-corrected chi connectivity index (χ3v) is 7.98. The number of halogens is 1. The first-order valence-electron chi connectivity index (χ1n) is 12.5. The van der Waals surface area contributed by atoms with Crippen molar-refractivity contribution in [3.05, 3.63) is 100 Å². The predicted octanol–water partition coefficient (Wildman–Crippen LogP) is 7.30. The molecule has 0 aliphatic rings. The van der Waals surface area contributed by atoms with Crippen LogP contribution >= 0.6 is 22.9 Å². The molecule has 0 radical (unpaired) electrons. The number of hydrogen-bond donors (Lipinski definition) is 2. The Labute approximate surface area is 238 Å². The van der Waals surface area contributed by atoms with Gasteiger partial charge in [-0.1, -0.05) is 95.7 Å². The number of carbonyl (C=O) groups is 1. The molecule has 0 saturated carbocycles. The maximum atomic E-state index is 13.3. The van der Waals surface area contributed by atoms with Crippen molar-refractivity contribution in [3.8, 4) is 11.3 Å². The monoisotopic (exact) mass is 582 g/mol. The zero-order valence-electron chi connectivity index (χ0n) is 22.0. The number of nitrogens with one attached hydrogen (secondary N) is 2. The third kappa shape index (κ3) is 7.81. The number of aromatic nitrogens is 1. The molecule has 10 heteroatoms. The normalized spacial score (nSPS) is 11.5. The van der Waals surface area contributed by atoms with Crippen LogP contribution in [0.2, 0.25) is 4.34 Å². The maximum Gasteiger partial charge on any atom is 0.323 e. The zero-order chi connectivity index (χ0) is 28.0. The van der Waals surface area contributed by atoms with E-state index in [-0.39, 0.29) is 18.0 Å². The Hall–Kier alpha value is -3.40. The highest BCUT2D eigenvalue weighted by molar-refractivity contribution is 7.92. The smallest absolute Gasteiger partial charge is 0.322 e. The number of rotatable bonds is 10. The van der Waals surface area contributed by atoms with Crippen molar-refractivity contribution in [1.82, 2.24) is 9.88 Å². The number of amides is 2. The molecule has 7 nitrogen and oxygen atoms in total. The number of benzene rings is 3. The SMILES string of the molecule is CC(C)N(CCC(c1ccccc1)c1ccccc1)C(=O)Nc1nc(-c2ccc(NS(C)(=O)=O)cc2)c(Cl)s1. The van der Waals surface area contributed by atoms with Gasteiger partial charge in [0.2, 0.25) is 10.0 Å². The van der Waals surface area contributed by atoms with E-state index in [4.69, 9.17) is 11.6 Å². The van der Waals surface area contributed by atoms with Crippen molar-refractivity contribution < 1.29 is 13.2 Å². The summed E-state index contributed by atoms with van der Waals surface area (Å²) in [7, 11) is -3.37. The van der Waals surface area contributed by atoms with Crippen molar-refractivity contribution in [2.45, 2.75) is 32.2 Å². The van der Waals surface area contributed by atoms with Gasteiger partial charge < -0.3 is 4.90 Å². The average Bonchev–Trinajstić information content (AvgIpc) is 3.26. The van der Waals surface area contributed by atoms with Gasteiger partial charge in [-0.25, -0.2) is 18.2 Å². The zero-order valence-corrected chi connectivity index (χ0v) is 24.4.